The molecule has 1 fully saturated rings. The van der Waals surface area contributed by atoms with Crippen LogP contribution in [0.25, 0.3) is 0 Å². The zero-order valence-electron chi connectivity index (χ0n) is 11.2. The van der Waals surface area contributed by atoms with E-state index in [1.54, 1.807) is 12.1 Å². The Balaban J connectivity index is 1.72. The number of ether oxygens (including phenoxy) is 1. The number of hydrogen-bond donors (Lipinski definition) is 0. The molecule has 3 heteroatoms. The number of halogens is 1. The van der Waals surface area contributed by atoms with Crippen molar-refractivity contribution in [2.24, 2.45) is 11.3 Å². The normalized spacial score (nSPS) is 32.7. The maximum absolute atomic E-state index is 13.2. The lowest BCUT2D eigenvalue weighted by atomic mass is 9.81. The molecule has 0 amide bonds. The molecule has 1 aromatic carbocycles. The fourth-order valence-corrected chi connectivity index (χ4v) is 3.57. The quantitative estimate of drug-likeness (QED) is 0.808. The van der Waals surface area contributed by atoms with Crippen molar-refractivity contribution in [3.05, 3.63) is 29.6 Å². The zero-order chi connectivity index (χ0) is 13.5. The third-order valence-corrected chi connectivity index (χ3v) is 4.47. The van der Waals surface area contributed by atoms with Crippen LogP contribution in [0.15, 0.2) is 18.2 Å². The Morgan fingerprint density at radius 3 is 3.05 bits per heavy atom. The minimum atomic E-state index is -0.231. The lowest BCUT2D eigenvalue weighted by molar-refractivity contribution is 0.167. The van der Waals surface area contributed by atoms with Crippen LogP contribution in [0.4, 0.5) is 4.39 Å². The molecule has 0 bridgehead atoms. The monoisotopic (exact) mass is 259 g/mol. The molecule has 2 aliphatic rings. The molecular weight excluding hydrogens is 241 g/mol. The molecule has 2 nitrogen and oxygen atoms in total. The van der Waals surface area contributed by atoms with Crippen molar-refractivity contribution in [3.63, 3.8) is 0 Å². The Morgan fingerprint density at radius 2 is 2.37 bits per heavy atom. The van der Waals surface area contributed by atoms with Crippen molar-refractivity contribution in [2.45, 2.75) is 45.1 Å². The van der Waals surface area contributed by atoms with Gasteiger partial charge in [0.2, 0.25) is 0 Å². The smallest absolute Gasteiger partial charge is 0.123 e. The largest absolute Gasteiger partial charge is 0.490 e. The molecule has 3 unspecified atom stereocenters. The van der Waals surface area contributed by atoms with Crippen molar-refractivity contribution >= 4 is 0 Å². The number of fused-ring (bicyclic) bond motifs is 1. The van der Waals surface area contributed by atoms with Gasteiger partial charge in [0.15, 0.2) is 0 Å². The second kappa shape index (κ2) is 4.52. The van der Waals surface area contributed by atoms with Gasteiger partial charge in [-0.25, -0.2) is 4.39 Å². The average molecular weight is 259 g/mol. The highest BCUT2D eigenvalue weighted by atomic mass is 19.1. The molecular formula is C16H18FNO. The maximum atomic E-state index is 13.2. The van der Waals surface area contributed by atoms with Crippen LogP contribution in [-0.4, -0.2) is 6.10 Å². The molecule has 19 heavy (non-hydrogen) atoms. The van der Waals surface area contributed by atoms with E-state index in [1.807, 2.05) is 0 Å². The number of nitrogens with zero attached hydrogens (tertiary/aromatic N) is 1. The topological polar surface area (TPSA) is 33.0 Å². The molecule has 1 aliphatic heterocycles. The van der Waals surface area contributed by atoms with Gasteiger partial charge in [-0.15, -0.1) is 0 Å². The first-order valence-corrected chi connectivity index (χ1v) is 6.97. The van der Waals surface area contributed by atoms with Crippen LogP contribution in [0.1, 0.15) is 38.2 Å². The van der Waals surface area contributed by atoms with Gasteiger partial charge in [-0.05, 0) is 43.4 Å². The van der Waals surface area contributed by atoms with Crippen molar-refractivity contribution in [1.82, 2.24) is 0 Å². The van der Waals surface area contributed by atoms with Gasteiger partial charge < -0.3 is 4.74 Å². The van der Waals surface area contributed by atoms with Gasteiger partial charge in [0.1, 0.15) is 17.7 Å². The van der Waals surface area contributed by atoms with Gasteiger partial charge in [0.25, 0.3) is 0 Å². The van der Waals surface area contributed by atoms with Crippen molar-refractivity contribution < 1.29 is 9.13 Å². The minimum Gasteiger partial charge on any atom is -0.490 e. The van der Waals surface area contributed by atoms with E-state index in [9.17, 15) is 9.65 Å². The molecule has 1 saturated carbocycles. The molecule has 0 saturated heterocycles. The number of nitriles is 1. The van der Waals surface area contributed by atoms with Crippen LogP contribution in [0.2, 0.25) is 0 Å². The lowest BCUT2D eigenvalue weighted by Gasteiger charge is -2.24. The standard InChI is InChI=1S/C16H18FNO/c1-11-4-5-16(8-11,10-18)9-14-7-12-6-13(17)2-3-15(12)19-14/h2-3,6,11,14H,4-5,7-9H2,1H3. The van der Waals surface area contributed by atoms with E-state index in [0.717, 1.165) is 43.4 Å². The van der Waals surface area contributed by atoms with E-state index in [4.69, 9.17) is 4.74 Å². The van der Waals surface area contributed by atoms with Gasteiger partial charge in [0.05, 0.1) is 11.5 Å². The third kappa shape index (κ3) is 2.32. The molecule has 1 heterocycles. The fraction of sp³-hybridized carbons (Fsp3) is 0.562. The van der Waals surface area contributed by atoms with Gasteiger partial charge in [-0.1, -0.05) is 6.92 Å². The second-order valence-electron chi connectivity index (χ2n) is 6.14. The number of hydrogen-bond acceptors (Lipinski definition) is 2. The van der Waals surface area contributed by atoms with Crippen LogP contribution < -0.4 is 4.74 Å². The Bertz CT molecular complexity index is 536. The molecule has 0 N–H and O–H groups in total. The molecule has 0 aromatic heterocycles. The molecule has 1 aromatic rings. The summed E-state index contributed by atoms with van der Waals surface area (Å²) in [5, 5.41) is 9.49. The summed E-state index contributed by atoms with van der Waals surface area (Å²) < 4.78 is 19.0. The van der Waals surface area contributed by atoms with Crippen molar-refractivity contribution in [2.75, 3.05) is 0 Å². The number of rotatable bonds is 2. The van der Waals surface area contributed by atoms with Crippen molar-refractivity contribution in [3.8, 4) is 11.8 Å². The van der Waals surface area contributed by atoms with Crippen molar-refractivity contribution in [1.29, 1.82) is 5.26 Å². The summed E-state index contributed by atoms with van der Waals surface area (Å²) >= 11 is 0. The van der Waals surface area contributed by atoms with E-state index in [0.29, 0.717) is 5.92 Å². The third-order valence-electron chi connectivity index (χ3n) is 4.47. The summed E-state index contributed by atoms with van der Waals surface area (Å²) in [6, 6.07) is 7.19. The summed E-state index contributed by atoms with van der Waals surface area (Å²) in [5.41, 5.74) is 0.703. The molecule has 3 rings (SSSR count). The summed E-state index contributed by atoms with van der Waals surface area (Å²) in [7, 11) is 0. The van der Waals surface area contributed by atoms with E-state index < -0.39 is 0 Å². The van der Waals surface area contributed by atoms with E-state index in [1.165, 1.54) is 6.07 Å². The van der Waals surface area contributed by atoms with E-state index in [-0.39, 0.29) is 17.3 Å². The Morgan fingerprint density at radius 1 is 1.53 bits per heavy atom. The van der Waals surface area contributed by atoms with Gasteiger partial charge in [-0.3, -0.25) is 0 Å². The minimum absolute atomic E-state index is 0.0294. The fourth-order valence-electron chi connectivity index (χ4n) is 3.57. The summed E-state index contributed by atoms with van der Waals surface area (Å²) in [6.45, 7) is 2.21. The summed E-state index contributed by atoms with van der Waals surface area (Å²) in [4.78, 5) is 0. The first kappa shape index (κ1) is 12.5. The van der Waals surface area contributed by atoms with Crippen LogP contribution in [0.5, 0.6) is 5.75 Å². The Hall–Kier alpha value is -1.56. The predicted octanol–water partition coefficient (Wildman–Crippen LogP) is 3.85. The van der Waals surface area contributed by atoms with E-state index >= 15 is 0 Å². The SMILES string of the molecule is CC1CCC(C#N)(CC2Cc3cc(F)ccc3O2)C1. The molecule has 1 aliphatic carbocycles. The predicted molar refractivity (Wildman–Crippen MR) is 70.2 cm³/mol. The first-order valence-electron chi connectivity index (χ1n) is 6.97. The van der Waals surface area contributed by atoms with Crippen LogP contribution in [-0.2, 0) is 6.42 Å². The average Bonchev–Trinajstić information content (AvgIpc) is 2.93. The van der Waals surface area contributed by atoms with Gasteiger partial charge in [-0.2, -0.15) is 5.26 Å². The Kier molecular flexibility index (Phi) is 2.97. The highest BCUT2D eigenvalue weighted by Crippen LogP contribution is 2.46. The lowest BCUT2D eigenvalue weighted by Crippen LogP contribution is -2.25. The van der Waals surface area contributed by atoms with E-state index in [2.05, 4.69) is 13.0 Å². The first-order chi connectivity index (χ1) is 9.10. The highest BCUT2D eigenvalue weighted by molar-refractivity contribution is 5.38. The zero-order valence-corrected chi connectivity index (χ0v) is 11.2. The molecule has 100 valence electrons. The summed E-state index contributed by atoms with van der Waals surface area (Å²) in [6.07, 6.45) is 4.59. The van der Waals surface area contributed by atoms with Gasteiger partial charge >= 0.3 is 0 Å². The van der Waals surface area contributed by atoms with Crippen LogP contribution in [0, 0.1) is 28.5 Å². The second-order valence-corrected chi connectivity index (χ2v) is 6.14. The Labute approximate surface area is 113 Å². The number of benzene rings is 1. The summed E-state index contributed by atoms with van der Waals surface area (Å²) in [5.74, 6) is 1.19. The maximum Gasteiger partial charge on any atom is 0.123 e. The molecule has 0 spiro atoms. The molecule has 3 atom stereocenters. The van der Waals surface area contributed by atoms with Crippen LogP contribution >= 0.6 is 0 Å². The highest BCUT2D eigenvalue weighted by Gasteiger charge is 2.41. The molecule has 0 radical (unpaired) electrons. The van der Waals surface area contributed by atoms with Crippen LogP contribution in [0.3, 0.4) is 0 Å². The van der Waals surface area contributed by atoms with Gasteiger partial charge in [0, 0.05) is 18.4 Å².